The van der Waals surface area contributed by atoms with Crippen molar-refractivity contribution < 1.29 is 19.1 Å². The summed E-state index contributed by atoms with van der Waals surface area (Å²) in [6.07, 6.45) is 13.3. The van der Waals surface area contributed by atoms with Gasteiger partial charge < -0.3 is 26.0 Å². The summed E-state index contributed by atoms with van der Waals surface area (Å²) in [5.41, 5.74) is 0. The third-order valence-corrected chi connectivity index (χ3v) is 4.94. The summed E-state index contributed by atoms with van der Waals surface area (Å²) in [5.74, 6) is -0.450. The second kappa shape index (κ2) is 21.2. The first kappa shape index (κ1) is 29.0. The SMILES string of the molecule is CCCCCCCCNC(=O)NCC(CNC(=O)NCCCCCCCC)OC(C)=O. The van der Waals surface area contributed by atoms with Crippen molar-refractivity contribution in [2.45, 2.75) is 104 Å². The molecule has 0 atom stereocenters. The van der Waals surface area contributed by atoms with Crippen LogP contribution in [0.4, 0.5) is 9.59 Å². The number of carbonyl (C=O) groups excluding carboxylic acids is 3. The summed E-state index contributed by atoms with van der Waals surface area (Å²) in [6.45, 7) is 7.20. The molecule has 0 aliphatic heterocycles. The van der Waals surface area contributed by atoms with E-state index < -0.39 is 12.1 Å². The third-order valence-electron chi connectivity index (χ3n) is 4.94. The van der Waals surface area contributed by atoms with Crippen molar-refractivity contribution in [3.63, 3.8) is 0 Å². The molecule has 31 heavy (non-hydrogen) atoms. The summed E-state index contributed by atoms with van der Waals surface area (Å²) in [6, 6.07) is -0.587. The molecule has 0 saturated carbocycles. The van der Waals surface area contributed by atoms with Gasteiger partial charge in [0.1, 0.15) is 6.10 Å². The molecule has 0 radical (unpaired) electrons. The van der Waals surface area contributed by atoms with Crippen LogP contribution in [0.25, 0.3) is 0 Å². The van der Waals surface area contributed by atoms with Gasteiger partial charge in [0.15, 0.2) is 0 Å². The van der Waals surface area contributed by atoms with Crippen molar-refractivity contribution >= 4 is 18.0 Å². The Morgan fingerprint density at radius 2 is 1.00 bits per heavy atom. The van der Waals surface area contributed by atoms with Crippen molar-refractivity contribution in [1.82, 2.24) is 21.3 Å². The van der Waals surface area contributed by atoms with Gasteiger partial charge in [0.25, 0.3) is 0 Å². The van der Waals surface area contributed by atoms with Crippen LogP contribution in [0.3, 0.4) is 0 Å². The number of rotatable bonds is 19. The average Bonchev–Trinajstić information content (AvgIpc) is 2.74. The highest BCUT2D eigenvalue weighted by atomic mass is 16.5. The summed E-state index contributed by atoms with van der Waals surface area (Å²) < 4.78 is 5.19. The molecule has 0 unspecified atom stereocenters. The smallest absolute Gasteiger partial charge is 0.314 e. The number of unbranched alkanes of at least 4 members (excludes halogenated alkanes) is 10. The van der Waals surface area contributed by atoms with Crippen LogP contribution in [0.15, 0.2) is 0 Å². The Labute approximate surface area is 189 Å². The van der Waals surface area contributed by atoms with Crippen molar-refractivity contribution in [3.05, 3.63) is 0 Å². The first-order chi connectivity index (χ1) is 15.0. The lowest BCUT2D eigenvalue weighted by atomic mass is 10.1. The van der Waals surface area contributed by atoms with Gasteiger partial charge >= 0.3 is 18.0 Å². The molecule has 0 fully saturated rings. The Morgan fingerprint density at radius 1 is 0.613 bits per heavy atom. The Morgan fingerprint density at radius 3 is 1.39 bits per heavy atom. The number of ether oxygens (including phenoxy) is 1. The molecule has 182 valence electrons. The number of nitrogens with one attached hydrogen (secondary N) is 4. The zero-order valence-corrected chi connectivity index (χ0v) is 20.0. The monoisotopic (exact) mass is 442 g/mol. The standard InChI is InChI=1S/C23H46N4O4/c1-4-6-8-10-12-14-16-24-22(29)26-18-21(31-20(3)28)19-27-23(30)25-17-15-13-11-9-7-5-2/h21H,4-19H2,1-3H3,(H2,24,26,29)(H2,25,27,30). The Bertz CT molecular complexity index is 440. The molecule has 8 nitrogen and oxygen atoms in total. The fourth-order valence-electron chi connectivity index (χ4n) is 3.14. The van der Waals surface area contributed by atoms with E-state index in [-0.39, 0.29) is 25.2 Å². The number of urea groups is 2. The Kier molecular flexibility index (Phi) is 19.9. The molecule has 0 aromatic carbocycles. The molecular weight excluding hydrogens is 396 g/mol. The molecular formula is C23H46N4O4. The summed E-state index contributed by atoms with van der Waals surface area (Å²) in [7, 11) is 0. The number of esters is 1. The van der Waals surface area contributed by atoms with Gasteiger partial charge in [-0.3, -0.25) is 4.79 Å². The second-order valence-electron chi connectivity index (χ2n) is 8.04. The fraction of sp³-hybridized carbons (Fsp3) is 0.870. The first-order valence-electron chi connectivity index (χ1n) is 12.2. The van der Waals surface area contributed by atoms with E-state index in [0.717, 1.165) is 25.7 Å². The van der Waals surface area contributed by atoms with Crippen molar-refractivity contribution in [2.24, 2.45) is 0 Å². The van der Waals surface area contributed by atoms with Gasteiger partial charge in [-0.15, -0.1) is 0 Å². The van der Waals surface area contributed by atoms with E-state index in [1.807, 2.05) is 0 Å². The number of hydrogen-bond acceptors (Lipinski definition) is 4. The maximum Gasteiger partial charge on any atom is 0.314 e. The van der Waals surface area contributed by atoms with Crippen molar-refractivity contribution in [1.29, 1.82) is 0 Å². The first-order valence-corrected chi connectivity index (χ1v) is 12.2. The Balaban J connectivity index is 3.92. The molecule has 0 rings (SSSR count). The minimum atomic E-state index is -0.614. The van der Waals surface area contributed by atoms with Gasteiger partial charge in [0.05, 0.1) is 13.1 Å². The third kappa shape index (κ3) is 21.0. The van der Waals surface area contributed by atoms with Crippen LogP contribution in [0, 0.1) is 0 Å². The molecule has 0 spiro atoms. The maximum absolute atomic E-state index is 11.9. The van der Waals surface area contributed by atoms with Crippen LogP contribution >= 0.6 is 0 Å². The van der Waals surface area contributed by atoms with Crippen LogP contribution < -0.4 is 21.3 Å². The second-order valence-corrected chi connectivity index (χ2v) is 8.04. The minimum Gasteiger partial charge on any atom is -0.459 e. The lowest BCUT2D eigenvalue weighted by molar-refractivity contribution is -0.145. The van der Waals surface area contributed by atoms with Crippen molar-refractivity contribution in [2.75, 3.05) is 26.2 Å². The zero-order chi connectivity index (χ0) is 23.2. The van der Waals surface area contributed by atoms with Gasteiger partial charge in [0, 0.05) is 20.0 Å². The largest absolute Gasteiger partial charge is 0.459 e. The van der Waals surface area contributed by atoms with E-state index in [2.05, 4.69) is 35.1 Å². The quantitative estimate of drug-likeness (QED) is 0.177. The van der Waals surface area contributed by atoms with Crippen LogP contribution in [0.2, 0.25) is 0 Å². The molecule has 4 amide bonds. The van der Waals surface area contributed by atoms with Crippen LogP contribution in [0.1, 0.15) is 97.8 Å². The highest BCUT2D eigenvalue weighted by Crippen LogP contribution is 2.04. The normalized spacial score (nSPS) is 10.6. The molecule has 0 aliphatic carbocycles. The molecule has 0 bridgehead atoms. The highest BCUT2D eigenvalue weighted by Gasteiger charge is 2.15. The zero-order valence-electron chi connectivity index (χ0n) is 20.0. The van der Waals surface area contributed by atoms with E-state index >= 15 is 0 Å². The van der Waals surface area contributed by atoms with E-state index in [4.69, 9.17) is 4.74 Å². The molecule has 0 saturated heterocycles. The van der Waals surface area contributed by atoms with Crippen molar-refractivity contribution in [3.8, 4) is 0 Å². The predicted octanol–water partition coefficient (Wildman–Crippen LogP) is 4.24. The highest BCUT2D eigenvalue weighted by molar-refractivity contribution is 5.74. The number of carbonyl (C=O) groups is 3. The molecule has 4 N–H and O–H groups in total. The van der Waals surface area contributed by atoms with E-state index in [1.165, 1.54) is 58.3 Å². The molecule has 0 aromatic heterocycles. The minimum absolute atomic E-state index is 0.139. The van der Waals surface area contributed by atoms with Gasteiger partial charge in [-0.1, -0.05) is 78.1 Å². The van der Waals surface area contributed by atoms with E-state index in [0.29, 0.717) is 13.1 Å². The lowest BCUT2D eigenvalue weighted by Gasteiger charge is -2.18. The van der Waals surface area contributed by atoms with Crippen LogP contribution in [-0.2, 0) is 9.53 Å². The molecule has 8 heteroatoms. The maximum atomic E-state index is 11.9. The topological polar surface area (TPSA) is 109 Å². The van der Waals surface area contributed by atoms with E-state index in [9.17, 15) is 14.4 Å². The summed E-state index contributed by atoms with van der Waals surface area (Å²) in [5, 5.41) is 11.0. The van der Waals surface area contributed by atoms with Gasteiger partial charge in [-0.2, -0.15) is 0 Å². The van der Waals surface area contributed by atoms with Gasteiger partial charge in [0.2, 0.25) is 0 Å². The Hall–Kier alpha value is -1.99. The molecule has 0 aromatic rings. The average molecular weight is 443 g/mol. The molecule has 0 heterocycles. The summed E-state index contributed by atoms with van der Waals surface area (Å²) in [4.78, 5) is 35.1. The molecule has 0 aliphatic rings. The van der Waals surface area contributed by atoms with Crippen LogP contribution in [-0.4, -0.2) is 50.3 Å². The van der Waals surface area contributed by atoms with E-state index in [1.54, 1.807) is 0 Å². The fourth-order valence-corrected chi connectivity index (χ4v) is 3.14. The number of amides is 4. The summed E-state index contributed by atoms with van der Waals surface area (Å²) >= 11 is 0. The predicted molar refractivity (Wildman–Crippen MR) is 125 cm³/mol. The van der Waals surface area contributed by atoms with Gasteiger partial charge in [-0.25, -0.2) is 9.59 Å². The van der Waals surface area contributed by atoms with Crippen LogP contribution in [0.5, 0.6) is 0 Å². The number of hydrogen-bond donors (Lipinski definition) is 4. The van der Waals surface area contributed by atoms with Gasteiger partial charge in [-0.05, 0) is 12.8 Å². The lowest BCUT2D eigenvalue weighted by Crippen LogP contribution is -2.47.